The highest BCUT2D eigenvalue weighted by Crippen LogP contribution is 2.26. The first kappa shape index (κ1) is 20.5. The molecule has 0 aliphatic carbocycles. The van der Waals surface area contributed by atoms with E-state index in [1.807, 2.05) is 32.0 Å². The van der Waals surface area contributed by atoms with Gasteiger partial charge in [-0.25, -0.2) is 0 Å². The molecule has 1 atom stereocenters. The summed E-state index contributed by atoms with van der Waals surface area (Å²) in [6.45, 7) is 5.64. The lowest BCUT2D eigenvalue weighted by atomic mass is 10.2. The van der Waals surface area contributed by atoms with E-state index in [2.05, 4.69) is 10.2 Å². The van der Waals surface area contributed by atoms with Gasteiger partial charge in [-0.2, -0.15) is 0 Å². The molecule has 0 N–H and O–H groups in total. The summed E-state index contributed by atoms with van der Waals surface area (Å²) in [4.78, 5) is 23.5. The molecular weight excluding hydrogens is 394 g/mol. The molecule has 0 unspecified atom stereocenters. The van der Waals surface area contributed by atoms with Gasteiger partial charge in [0, 0.05) is 22.6 Å². The van der Waals surface area contributed by atoms with Crippen LogP contribution < -0.4 is 0 Å². The summed E-state index contributed by atoms with van der Waals surface area (Å²) in [7, 11) is 0. The fourth-order valence-electron chi connectivity index (χ4n) is 2.52. The zero-order valence-electron chi connectivity index (χ0n) is 16.1. The number of hydrogen-bond donors (Lipinski definition) is 0. The highest BCUT2D eigenvalue weighted by molar-refractivity contribution is 8.00. The minimum Gasteiger partial charge on any atom is -0.452 e. The topological polar surface area (TPSA) is 108 Å². The van der Waals surface area contributed by atoms with Gasteiger partial charge in [0.15, 0.2) is 6.10 Å². The molecule has 3 rings (SSSR count). The molecule has 0 bridgehead atoms. The molecule has 29 heavy (non-hydrogen) atoms. The van der Waals surface area contributed by atoms with Gasteiger partial charge in [-0.1, -0.05) is 17.7 Å². The van der Waals surface area contributed by atoms with Gasteiger partial charge < -0.3 is 9.15 Å². The highest BCUT2D eigenvalue weighted by Gasteiger charge is 2.19. The van der Waals surface area contributed by atoms with E-state index < -0.39 is 17.0 Å². The second kappa shape index (κ2) is 8.87. The van der Waals surface area contributed by atoms with E-state index >= 15 is 0 Å². The number of non-ortho nitro benzene ring substituents is 1. The van der Waals surface area contributed by atoms with Crippen LogP contribution in [0.1, 0.15) is 30.0 Å². The predicted molar refractivity (Wildman–Crippen MR) is 108 cm³/mol. The van der Waals surface area contributed by atoms with Gasteiger partial charge in [0.25, 0.3) is 11.6 Å². The van der Waals surface area contributed by atoms with Crippen molar-refractivity contribution < 1.29 is 18.9 Å². The number of rotatable bonds is 7. The molecule has 0 radical (unpaired) electrons. The Kier molecular flexibility index (Phi) is 6.28. The first-order chi connectivity index (χ1) is 13.8. The van der Waals surface area contributed by atoms with Crippen LogP contribution in [0.15, 0.2) is 51.8 Å². The number of hydrogen-bond acceptors (Lipinski definition) is 8. The lowest BCUT2D eigenvalue weighted by Crippen LogP contribution is -2.11. The van der Waals surface area contributed by atoms with E-state index in [0.717, 1.165) is 16.0 Å². The van der Waals surface area contributed by atoms with Crippen LogP contribution in [-0.2, 0) is 9.53 Å². The summed E-state index contributed by atoms with van der Waals surface area (Å²) in [5.74, 6) is 0.127. The van der Waals surface area contributed by atoms with Crippen molar-refractivity contribution >= 4 is 23.4 Å². The maximum absolute atomic E-state index is 12.2. The maximum Gasteiger partial charge on any atom is 0.317 e. The van der Waals surface area contributed by atoms with Gasteiger partial charge in [0.2, 0.25) is 5.89 Å². The second-order valence-corrected chi connectivity index (χ2v) is 7.46. The van der Waals surface area contributed by atoms with E-state index in [-0.39, 0.29) is 23.2 Å². The van der Waals surface area contributed by atoms with Crippen molar-refractivity contribution in [2.24, 2.45) is 0 Å². The number of nitro benzene ring substituents is 1. The van der Waals surface area contributed by atoms with E-state index in [1.165, 1.54) is 36.0 Å². The van der Waals surface area contributed by atoms with Crippen LogP contribution >= 0.6 is 11.8 Å². The third-order valence-corrected chi connectivity index (χ3v) is 5.24. The first-order valence-corrected chi connectivity index (χ1v) is 9.80. The molecule has 0 fully saturated rings. The highest BCUT2D eigenvalue weighted by atomic mass is 32.2. The largest absolute Gasteiger partial charge is 0.452 e. The van der Waals surface area contributed by atoms with E-state index in [4.69, 9.17) is 9.15 Å². The summed E-state index contributed by atoms with van der Waals surface area (Å²) in [6, 6.07) is 11.8. The van der Waals surface area contributed by atoms with Crippen molar-refractivity contribution in [1.82, 2.24) is 10.2 Å². The number of ether oxygens (including phenoxy) is 1. The van der Waals surface area contributed by atoms with Crippen LogP contribution in [-0.4, -0.2) is 26.8 Å². The van der Waals surface area contributed by atoms with E-state index in [1.54, 1.807) is 6.92 Å². The number of aryl methyl sites for hydroxylation is 2. The molecule has 1 aromatic heterocycles. The molecular formula is C20H19N3O5S. The van der Waals surface area contributed by atoms with Crippen molar-refractivity contribution in [2.45, 2.75) is 31.8 Å². The third kappa shape index (κ3) is 5.20. The standard InChI is InChI=1S/C20H19N3O5S/c1-12-4-5-13(2)17(10-12)29-11-18(24)27-14(3)19-21-22-20(28-19)15-6-8-16(9-7-15)23(25)26/h4-10,14H,11H2,1-3H3/t14-/m1/s1. The average Bonchev–Trinajstić information content (AvgIpc) is 3.19. The Morgan fingerprint density at radius 1 is 1.21 bits per heavy atom. The van der Waals surface area contributed by atoms with Crippen LogP contribution in [0.3, 0.4) is 0 Å². The van der Waals surface area contributed by atoms with Crippen LogP contribution in [0.25, 0.3) is 11.5 Å². The number of nitrogens with zero attached hydrogens (tertiary/aromatic N) is 3. The van der Waals surface area contributed by atoms with Crippen molar-refractivity contribution in [3.05, 3.63) is 69.6 Å². The molecule has 0 aliphatic heterocycles. The fraction of sp³-hybridized carbons (Fsp3) is 0.250. The molecule has 2 aromatic carbocycles. The van der Waals surface area contributed by atoms with Gasteiger partial charge in [-0.05, 0) is 44.5 Å². The van der Waals surface area contributed by atoms with Gasteiger partial charge in [-0.3, -0.25) is 14.9 Å². The molecule has 3 aromatic rings. The molecule has 9 heteroatoms. The number of carbonyl (C=O) groups is 1. The number of nitro groups is 1. The summed E-state index contributed by atoms with van der Waals surface area (Å²) < 4.78 is 10.9. The molecule has 0 aliphatic rings. The second-order valence-electron chi connectivity index (χ2n) is 6.44. The maximum atomic E-state index is 12.2. The molecule has 8 nitrogen and oxygen atoms in total. The third-order valence-electron chi connectivity index (χ3n) is 4.11. The zero-order valence-corrected chi connectivity index (χ0v) is 16.9. The summed E-state index contributed by atoms with van der Waals surface area (Å²) in [5.41, 5.74) is 2.74. The Bertz CT molecular complexity index is 1030. The van der Waals surface area contributed by atoms with Crippen LogP contribution in [0.5, 0.6) is 0 Å². The normalized spacial score (nSPS) is 11.8. The Morgan fingerprint density at radius 3 is 2.62 bits per heavy atom. The van der Waals surface area contributed by atoms with Gasteiger partial charge >= 0.3 is 5.97 Å². The van der Waals surface area contributed by atoms with Crippen LogP contribution in [0.2, 0.25) is 0 Å². The smallest absolute Gasteiger partial charge is 0.317 e. The number of aromatic nitrogens is 2. The Morgan fingerprint density at radius 2 is 1.93 bits per heavy atom. The van der Waals surface area contributed by atoms with Gasteiger partial charge in [-0.15, -0.1) is 22.0 Å². The fourth-order valence-corrected chi connectivity index (χ4v) is 3.43. The van der Waals surface area contributed by atoms with Crippen molar-refractivity contribution in [2.75, 3.05) is 5.75 Å². The minimum absolute atomic E-state index is 0.0304. The minimum atomic E-state index is -0.707. The van der Waals surface area contributed by atoms with Crippen LogP contribution in [0.4, 0.5) is 5.69 Å². The number of thioether (sulfide) groups is 1. The average molecular weight is 413 g/mol. The van der Waals surface area contributed by atoms with Gasteiger partial charge in [0.1, 0.15) is 0 Å². The molecule has 1 heterocycles. The zero-order chi connectivity index (χ0) is 21.0. The van der Waals surface area contributed by atoms with E-state index in [9.17, 15) is 14.9 Å². The van der Waals surface area contributed by atoms with Crippen molar-refractivity contribution in [3.8, 4) is 11.5 Å². The predicted octanol–water partition coefficient (Wildman–Crippen LogP) is 4.66. The first-order valence-electron chi connectivity index (χ1n) is 8.81. The quantitative estimate of drug-likeness (QED) is 0.238. The lowest BCUT2D eigenvalue weighted by molar-refractivity contribution is -0.384. The number of benzene rings is 2. The SMILES string of the molecule is Cc1ccc(C)c(SCC(=O)O[C@H](C)c2nnc(-c3ccc([N+](=O)[O-])cc3)o2)c1. The molecule has 0 saturated heterocycles. The van der Waals surface area contributed by atoms with Crippen molar-refractivity contribution in [1.29, 1.82) is 0 Å². The summed E-state index contributed by atoms with van der Waals surface area (Å²) in [6.07, 6.45) is -0.707. The van der Waals surface area contributed by atoms with E-state index in [0.29, 0.717) is 5.56 Å². The lowest BCUT2D eigenvalue weighted by Gasteiger charge is -2.10. The number of esters is 1. The Hall–Kier alpha value is -3.20. The molecule has 0 amide bonds. The summed E-state index contributed by atoms with van der Waals surface area (Å²) in [5, 5.41) is 18.6. The molecule has 150 valence electrons. The Labute approximate surface area is 171 Å². The molecule has 0 saturated carbocycles. The number of carbonyl (C=O) groups excluding carboxylic acids is 1. The Balaban J connectivity index is 1.59. The summed E-state index contributed by atoms with van der Waals surface area (Å²) >= 11 is 1.42. The van der Waals surface area contributed by atoms with Gasteiger partial charge in [0.05, 0.1) is 10.7 Å². The van der Waals surface area contributed by atoms with Crippen molar-refractivity contribution in [3.63, 3.8) is 0 Å². The monoisotopic (exact) mass is 413 g/mol. The van der Waals surface area contributed by atoms with Crippen LogP contribution in [0, 0.1) is 24.0 Å². The molecule has 0 spiro atoms.